The van der Waals surface area contributed by atoms with Crippen LogP contribution in [0.3, 0.4) is 0 Å². The number of thioether (sulfide) groups is 1. The molecule has 200 valence electrons. The predicted octanol–water partition coefficient (Wildman–Crippen LogP) is 4.99. The molecule has 0 radical (unpaired) electrons. The Morgan fingerprint density at radius 2 is 1.77 bits per heavy atom. The lowest BCUT2D eigenvalue weighted by Gasteiger charge is -2.32. The third-order valence-corrected chi connectivity index (χ3v) is 7.65. The second kappa shape index (κ2) is 11.2. The van der Waals surface area contributed by atoms with E-state index in [1.165, 1.54) is 0 Å². The van der Waals surface area contributed by atoms with Crippen molar-refractivity contribution in [1.82, 2.24) is 5.32 Å². The number of nitrogens with zero attached hydrogens (tertiary/aromatic N) is 1. The van der Waals surface area contributed by atoms with Crippen molar-refractivity contribution < 1.29 is 28.7 Å². The second-order valence-corrected chi connectivity index (χ2v) is 10.5. The van der Waals surface area contributed by atoms with Crippen LogP contribution < -0.4 is 25.0 Å². The van der Waals surface area contributed by atoms with E-state index in [9.17, 15) is 19.2 Å². The van der Waals surface area contributed by atoms with E-state index in [4.69, 9.17) is 9.47 Å². The first-order chi connectivity index (χ1) is 18.8. The zero-order valence-electron chi connectivity index (χ0n) is 21.5. The summed E-state index contributed by atoms with van der Waals surface area (Å²) in [5, 5.41) is 4.19. The summed E-state index contributed by atoms with van der Waals surface area (Å²) in [7, 11) is 1.56. The van der Waals surface area contributed by atoms with E-state index in [1.807, 2.05) is 37.3 Å². The minimum Gasteiger partial charge on any atom is -0.495 e. The largest absolute Gasteiger partial charge is 0.495 e. The van der Waals surface area contributed by atoms with Gasteiger partial charge in [-0.25, -0.2) is 4.79 Å². The van der Waals surface area contributed by atoms with Gasteiger partial charge in [0.05, 0.1) is 24.6 Å². The molecule has 0 spiro atoms. The topological polar surface area (TPSA) is 114 Å². The smallest absolute Gasteiger partial charge is 0.417 e. The molecule has 9 nitrogen and oxygen atoms in total. The van der Waals surface area contributed by atoms with Crippen LogP contribution in [0.2, 0.25) is 0 Å². The highest BCUT2D eigenvalue weighted by atomic mass is 32.2. The van der Waals surface area contributed by atoms with Gasteiger partial charge in [0, 0.05) is 12.1 Å². The molecular weight excluding hydrogens is 518 g/mol. The van der Waals surface area contributed by atoms with Crippen LogP contribution in [-0.4, -0.2) is 35.5 Å². The van der Waals surface area contributed by atoms with Crippen LogP contribution in [-0.2, 0) is 29.0 Å². The fourth-order valence-corrected chi connectivity index (χ4v) is 5.55. The molecular formula is C29H27N3O6S. The van der Waals surface area contributed by atoms with Crippen LogP contribution in [0, 0.1) is 6.92 Å². The molecule has 3 aromatic rings. The lowest BCUT2D eigenvalue weighted by atomic mass is 9.92. The fourth-order valence-electron chi connectivity index (χ4n) is 4.71. The summed E-state index contributed by atoms with van der Waals surface area (Å²) in [6, 6.07) is 18.1. The van der Waals surface area contributed by atoms with Crippen molar-refractivity contribution in [3.05, 3.63) is 82.9 Å². The van der Waals surface area contributed by atoms with Gasteiger partial charge in [0.15, 0.2) is 0 Å². The van der Waals surface area contributed by atoms with E-state index in [2.05, 4.69) is 10.6 Å². The number of fused-ring (bicyclic) bond motifs is 1. The molecule has 2 heterocycles. The van der Waals surface area contributed by atoms with E-state index < -0.39 is 11.3 Å². The third kappa shape index (κ3) is 5.91. The summed E-state index contributed by atoms with van der Waals surface area (Å²) in [6.45, 7) is 2.26. The Kier molecular flexibility index (Phi) is 7.56. The Hall–Kier alpha value is -4.31. The molecule has 0 saturated carbocycles. The highest BCUT2D eigenvalue weighted by molar-refractivity contribution is 8.15. The van der Waals surface area contributed by atoms with Gasteiger partial charge in [-0.1, -0.05) is 47.7 Å². The standard InChI is InChI=1S/C29H27N3O6S/c1-17-3-10-21(11-4-17)38-28(35)30-20-8-5-18(6-9-20)16-32-25(33)14-12-22-19(7-13-23(37-2)26(22)32)15-24-27(34)31-29(36)39-24/h3-11,13,24H,12,14-16H2,1-2H3,(H,30,35)(H,31,34,36). The third-order valence-electron chi connectivity index (χ3n) is 6.67. The Morgan fingerprint density at radius 1 is 1.03 bits per heavy atom. The summed E-state index contributed by atoms with van der Waals surface area (Å²) in [6.07, 6.45) is 0.631. The Labute approximate surface area is 229 Å². The molecule has 0 aliphatic carbocycles. The maximum Gasteiger partial charge on any atom is 0.417 e. The Bertz CT molecular complexity index is 1440. The number of hydrogen-bond donors (Lipinski definition) is 2. The number of amides is 4. The molecule has 2 N–H and O–H groups in total. The molecule has 0 aromatic heterocycles. The first-order valence-corrected chi connectivity index (χ1v) is 13.3. The monoisotopic (exact) mass is 545 g/mol. The summed E-state index contributed by atoms with van der Waals surface area (Å²) in [4.78, 5) is 50.8. The van der Waals surface area contributed by atoms with Gasteiger partial charge >= 0.3 is 6.09 Å². The van der Waals surface area contributed by atoms with Gasteiger partial charge in [-0.05, 0) is 66.8 Å². The molecule has 2 aliphatic rings. The van der Waals surface area contributed by atoms with Gasteiger partial charge in [0.25, 0.3) is 5.24 Å². The summed E-state index contributed by atoms with van der Waals surface area (Å²) >= 11 is 0.989. The van der Waals surface area contributed by atoms with Gasteiger partial charge < -0.3 is 14.4 Å². The molecule has 0 bridgehead atoms. The number of hydrogen-bond acceptors (Lipinski definition) is 7. The molecule has 10 heteroatoms. The number of carbonyl (C=O) groups is 4. The summed E-state index contributed by atoms with van der Waals surface area (Å²) < 4.78 is 10.9. The van der Waals surface area contributed by atoms with Crippen molar-refractivity contribution in [2.24, 2.45) is 0 Å². The first-order valence-electron chi connectivity index (χ1n) is 12.5. The van der Waals surface area contributed by atoms with Crippen LogP contribution in [0.5, 0.6) is 11.5 Å². The molecule has 2 aliphatic heterocycles. The normalized spacial score (nSPS) is 16.5. The van der Waals surface area contributed by atoms with Crippen molar-refractivity contribution in [3.8, 4) is 11.5 Å². The SMILES string of the molecule is COc1ccc(CC2SC(=O)NC2=O)c2c1N(Cc1ccc(NC(=O)Oc3ccc(C)cc3)cc1)C(=O)CC2. The maximum absolute atomic E-state index is 13.1. The van der Waals surface area contributed by atoms with Crippen molar-refractivity contribution in [2.45, 2.75) is 38.0 Å². The Balaban J connectivity index is 1.32. The van der Waals surface area contributed by atoms with E-state index in [0.29, 0.717) is 48.7 Å². The van der Waals surface area contributed by atoms with Gasteiger partial charge in [0.2, 0.25) is 11.8 Å². The predicted molar refractivity (Wildman–Crippen MR) is 148 cm³/mol. The number of nitrogens with one attached hydrogen (secondary N) is 2. The fraction of sp³-hybridized carbons (Fsp3) is 0.241. The number of benzene rings is 3. The van der Waals surface area contributed by atoms with Crippen molar-refractivity contribution >= 4 is 46.3 Å². The van der Waals surface area contributed by atoms with Crippen molar-refractivity contribution in [1.29, 1.82) is 0 Å². The number of imide groups is 1. The number of carbonyl (C=O) groups excluding carboxylic acids is 4. The second-order valence-electron chi connectivity index (χ2n) is 9.35. The quantitative estimate of drug-likeness (QED) is 0.430. The van der Waals surface area contributed by atoms with Gasteiger partial charge in [-0.3, -0.25) is 25.0 Å². The van der Waals surface area contributed by atoms with Crippen LogP contribution >= 0.6 is 11.8 Å². The van der Waals surface area contributed by atoms with Crippen LogP contribution in [0.25, 0.3) is 0 Å². The van der Waals surface area contributed by atoms with Crippen LogP contribution in [0.4, 0.5) is 21.0 Å². The van der Waals surface area contributed by atoms with E-state index >= 15 is 0 Å². The lowest BCUT2D eigenvalue weighted by molar-refractivity contribution is -0.119. The van der Waals surface area contributed by atoms with Crippen molar-refractivity contribution in [2.75, 3.05) is 17.3 Å². The maximum atomic E-state index is 13.1. The minimum atomic E-state index is -0.597. The number of rotatable bonds is 7. The number of methoxy groups -OCH3 is 1. The van der Waals surface area contributed by atoms with Crippen molar-refractivity contribution in [3.63, 3.8) is 0 Å². The van der Waals surface area contributed by atoms with E-state index in [0.717, 1.165) is 34.0 Å². The van der Waals surface area contributed by atoms with E-state index in [-0.39, 0.29) is 17.1 Å². The minimum absolute atomic E-state index is 0.0370. The number of aryl methyl sites for hydroxylation is 1. The summed E-state index contributed by atoms with van der Waals surface area (Å²) in [5.41, 5.74) is 5.03. The zero-order valence-corrected chi connectivity index (χ0v) is 22.3. The van der Waals surface area contributed by atoms with Gasteiger partial charge in [0.1, 0.15) is 11.5 Å². The molecule has 3 aromatic carbocycles. The van der Waals surface area contributed by atoms with Crippen LogP contribution in [0.1, 0.15) is 28.7 Å². The molecule has 1 saturated heterocycles. The lowest BCUT2D eigenvalue weighted by Crippen LogP contribution is -2.35. The molecule has 1 atom stereocenters. The van der Waals surface area contributed by atoms with E-state index in [1.54, 1.807) is 42.3 Å². The Morgan fingerprint density at radius 3 is 2.44 bits per heavy atom. The van der Waals surface area contributed by atoms with Gasteiger partial charge in [-0.2, -0.15) is 0 Å². The highest BCUT2D eigenvalue weighted by Crippen LogP contribution is 2.41. The molecule has 1 fully saturated rings. The average Bonchev–Trinajstić information content (AvgIpc) is 3.24. The first kappa shape index (κ1) is 26.3. The molecule has 39 heavy (non-hydrogen) atoms. The zero-order chi connectivity index (χ0) is 27.5. The van der Waals surface area contributed by atoms with Gasteiger partial charge in [-0.15, -0.1) is 0 Å². The molecule has 5 rings (SSSR count). The highest BCUT2D eigenvalue weighted by Gasteiger charge is 2.35. The molecule has 4 amide bonds. The number of ether oxygens (including phenoxy) is 2. The molecule has 1 unspecified atom stereocenters. The average molecular weight is 546 g/mol. The van der Waals surface area contributed by atoms with Crippen LogP contribution in [0.15, 0.2) is 60.7 Å². The summed E-state index contributed by atoms with van der Waals surface area (Å²) in [5.74, 6) is 0.683. The number of anilines is 2.